The highest BCUT2D eigenvalue weighted by atomic mass is 16.3. The Morgan fingerprint density at radius 3 is 2.44 bits per heavy atom. The van der Waals surface area contributed by atoms with Gasteiger partial charge in [-0.3, -0.25) is 9.59 Å². The smallest absolute Gasteiger partial charge is 0.255 e. The molecule has 4 rings (SSSR count). The maximum absolute atomic E-state index is 13.1. The van der Waals surface area contributed by atoms with Gasteiger partial charge in [-0.2, -0.15) is 0 Å². The zero-order valence-electron chi connectivity index (χ0n) is 14.5. The molecule has 5 heteroatoms. The predicted octanol–water partition coefficient (Wildman–Crippen LogP) is 3.73. The molecule has 0 saturated heterocycles. The second-order valence-electron chi connectivity index (χ2n) is 6.44. The van der Waals surface area contributed by atoms with Crippen LogP contribution in [0.2, 0.25) is 0 Å². The molecular formula is C22H18N2O3. The molecule has 134 valence electrons. The molecule has 3 aromatic rings. The van der Waals surface area contributed by atoms with Crippen LogP contribution in [-0.4, -0.2) is 21.8 Å². The highest BCUT2D eigenvalue weighted by Crippen LogP contribution is 2.32. The van der Waals surface area contributed by atoms with E-state index in [0.29, 0.717) is 17.8 Å². The number of hydrogen-bond donors (Lipinski definition) is 2. The number of anilines is 1. The van der Waals surface area contributed by atoms with Gasteiger partial charge < -0.3 is 15.3 Å². The molecule has 1 atom stereocenters. The monoisotopic (exact) mass is 358 g/mol. The molecule has 0 aliphatic carbocycles. The number of nitrogens with one attached hydrogen (secondary N) is 1. The summed E-state index contributed by atoms with van der Waals surface area (Å²) in [6.07, 6.45) is 0. The van der Waals surface area contributed by atoms with E-state index < -0.39 is 6.04 Å². The van der Waals surface area contributed by atoms with E-state index in [4.69, 9.17) is 0 Å². The highest BCUT2D eigenvalue weighted by molar-refractivity contribution is 6.04. The first-order valence-corrected chi connectivity index (χ1v) is 8.67. The number of rotatable bonds is 4. The molecule has 1 heterocycles. The minimum Gasteiger partial charge on any atom is -0.508 e. The SMILES string of the molecule is O=C(Nc1cccc(O)c1)[C@H](c1ccccc1)N1Cc2ccccc2C1=O. The average Bonchev–Trinajstić information content (AvgIpc) is 3.00. The van der Waals surface area contributed by atoms with Crippen molar-refractivity contribution in [3.63, 3.8) is 0 Å². The Balaban J connectivity index is 1.68. The summed E-state index contributed by atoms with van der Waals surface area (Å²) in [5.41, 5.74) is 2.75. The number of carbonyl (C=O) groups is 2. The molecule has 0 radical (unpaired) electrons. The fourth-order valence-corrected chi connectivity index (χ4v) is 3.39. The van der Waals surface area contributed by atoms with Crippen molar-refractivity contribution in [2.24, 2.45) is 0 Å². The number of phenols is 1. The van der Waals surface area contributed by atoms with E-state index in [1.807, 2.05) is 48.5 Å². The first-order valence-electron chi connectivity index (χ1n) is 8.67. The topological polar surface area (TPSA) is 69.6 Å². The summed E-state index contributed by atoms with van der Waals surface area (Å²) in [5.74, 6) is -0.424. The molecule has 2 amide bonds. The predicted molar refractivity (Wildman–Crippen MR) is 102 cm³/mol. The molecule has 5 nitrogen and oxygen atoms in total. The van der Waals surface area contributed by atoms with Crippen LogP contribution in [0, 0.1) is 0 Å². The zero-order chi connectivity index (χ0) is 18.8. The molecule has 1 aliphatic rings. The largest absolute Gasteiger partial charge is 0.508 e. The van der Waals surface area contributed by atoms with Crippen molar-refractivity contribution < 1.29 is 14.7 Å². The van der Waals surface area contributed by atoms with Gasteiger partial charge in [0.2, 0.25) is 0 Å². The van der Waals surface area contributed by atoms with Gasteiger partial charge in [-0.1, -0.05) is 54.6 Å². The quantitative estimate of drug-likeness (QED) is 0.747. The summed E-state index contributed by atoms with van der Waals surface area (Å²) < 4.78 is 0. The van der Waals surface area contributed by atoms with Crippen molar-refractivity contribution in [3.05, 3.63) is 95.6 Å². The number of carbonyl (C=O) groups excluding carboxylic acids is 2. The van der Waals surface area contributed by atoms with E-state index in [9.17, 15) is 14.7 Å². The number of aromatic hydroxyl groups is 1. The summed E-state index contributed by atoms with van der Waals surface area (Å²) >= 11 is 0. The number of fused-ring (bicyclic) bond motifs is 1. The Labute approximate surface area is 156 Å². The lowest BCUT2D eigenvalue weighted by molar-refractivity contribution is -0.120. The van der Waals surface area contributed by atoms with E-state index in [2.05, 4.69) is 5.32 Å². The Kier molecular flexibility index (Phi) is 4.34. The maximum atomic E-state index is 13.1. The molecule has 1 aliphatic heterocycles. The van der Waals surface area contributed by atoms with Crippen LogP contribution in [0.5, 0.6) is 5.75 Å². The summed E-state index contributed by atoms with van der Waals surface area (Å²) in [4.78, 5) is 27.6. The lowest BCUT2D eigenvalue weighted by Gasteiger charge is -2.27. The van der Waals surface area contributed by atoms with Crippen LogP contribution in [0.15, 0.2) is 78.9 Å². The molecule has 0 bridgehead atoms. The second kappa shape index (κ2) is 6.96. The van der Waals surface area contributed by atoms with Gasteiger partial charge in [0, 0.05) is 23.9 Å². The number of nitrogens with zero attached hydrogens (tertiary/aromatic N) is 1. The van der Waals surface area contributed by atoms with Gasteiger partial charge in [-0.05, 0) is 29.3 Å². The van der Waals surface area contributed by atoms with E-state index >= 15 is 0 Å². The number of benzene rings is 3. The van der Waals surface area contributed by atoms with Gasteiger partial charge in [0.15, 0.2) is 0 Å². The van der Waals surface area contributed by atoms with Crippen LogP contribution in [0.1, 0.15) is 27.5 Å². The molecule has 0 fully saturated rings. The summed E-state index contributed by atoms with van der Waals surface area (Å²) in [6, 6.07) is 22.2. The van der Waals surface area contributed by atoms with Crippen LogP contribution < -0.4 is 5.32 Å². The lowest BCUT2D eigenvalue weighted by atomic mass is 10.0. The minimum absolute atomic E-state index is 0.0636. The molecule has 0 unspecified atom stereocenters. The molecule has 0 saturated carbocycles. The van der Waals surface area contributed by atoms with Crippen molar-refractivity contribution in [2.45, 2.75) is 12.6 Å². The Morgan fingerprint density at radius 2 is 1.70 bits per heavy atom. The van der Waals surface area contributed by atoms with Crippen molar-refractivity contribution in [1.29, 1.82) is 0 Å². The fourth-order valence-electron chi connectivity index (χ4n) is 3.39. The van der Waals surface area contributed by atoms with Gasteiger partial charge in [0.05, 0.1) is 0 Å². The van der Waals surface area contributed by atoms with Crippen molar-refractivity contribution >= 4 is 17.5 Å². The third kappa shape index (κ3) is 3.27. The molecular weight excluding hydrogens is 340 g/mol. The van der Waals surface area contributed by atoms with Crippen LogP contribution >= 0.6 is 0 Å². The van der Waals surface area contributed by atoms with Crippen LogP contribution in [0.3, 0.4) is 0 Å². The molecule has 27 heavy (non-hydrogen) atoms. The normalized spacial score (nSPS) is 13.9. The molecule has 0 spiro atoms. The highest BCUT2D eigenvalue weighted by Gasteiger charge is 2.37. The summed E-state index contributed by atoms with van der Waals surface area (Å²) in [7, 11) is 0. The Bertz CT molecular complexity index is 1000. The van der Waals surface area contributed by atoms with Gasteiger partial charge in [-0.15, -0.1) is 0 Å². The third-order valence-electron chi connectivity index (χ3n) is 4.64. The van der Waals surface area contributed by atoms with Gasteiger partial charge >= 0.3 is 0 Å². The lowest BCUT2D eigenvalue weighted by Crippen LogP contribution is -2.37. The van der Waals surface area contributed by atoms with Gasteiger partial charge in [0.1, 0.15) is 11.8 Å². The zero-order valence-corrected chi connectivity index (χ0v) is 14.5. The standard InChI is InChI=1S/C22H18N2O3/c25-18-11-6-10-17(13-18)23-21(26)20(15-7-2-1-3-8-15)24-14-16-9-4-5-12-19(16)22(24)27/h1-13,20,25H,14H2,(H,23,26)/t20-/m0/s1. The van der Waals surface area contributed by atoms with Crippen molar-refractivity contribution in [1.82, 2.24) is 4.90 Å². The Morgan fingerprint density at radius 1 is 0.963 bits per heavy atom. The Hall–Kier alpha value is -3.60. The third-order valence-corrected chi connectivity index (χ3v) is 4.64. The van der Waals surface area contributed by atoms with E-state index in [0.717, 1.165) is 11.1 Å². The van der Waals surface area contributed by atoms with Crippen LogP contribution in [0.25, 0.3) is 0 Å². The number of phenolic OH excluding ortho intramolecular Hbond substituents is 1. The second-order valence-corrected chi connectivity index (χ2v) is 6.44. The minimum atomic E-state index is -0.770. The van der Waals surface area contributed by atoms with E-state index in [-0.39, 0.29) is 17.6 Å². The van der Waals surface area contributed by atoms with Crippen LogP contribution in [0.4, 0.5) is 5.69 Å². The average molecular weight is 358 g/mol. The number of hydrogen-bond acceptors (Lipinski definition) is 3. The van der Waals surface area contributed by atoms with E-state index in [1.54, 1.807) is 23.1 Å². The number of amides is 2. The van der Waals surface area contributed by atoms with Crippen molar-refractivity contribution in [3.8, 4) is 5.75 Å². The van der Waals surface area contributed by atoms with Gasteiger partial charge in [-0.25, -0.2) is 0 Å². The van der Waals surface area contributed by atoms with E-state index in [1.165, 1.54) is 12.1 Å². The first-order chi connectivity index (χ1) is 13.1. The van der Waals surface area contributed by atoms with Crippen molar-refractivity contribution in [2.75, 3.05) is 5.32 Å². The maximum Gasteiger partial charge on any atom is 0.255 e. The fraction of sp³-hybridized carbons (Fsp3) is 0.0909. The summed E-state index contributed by atoms with van der Waals surface area (Å²) in [5, 5.41) is 12.5. The van der Waals surface area contributed by atoms with Gasteiger partial charge in [0.25, 0.3) is 11.8 Å². The first kappa shape index (κ1) is 16.8. The molecule has 3 aromatic carbocycles. The molecule has 2 N–H and O–H groups in total. The molecule has 0 aromatic heterocycles. The summed E-state index contributed by atoms with van der Waals surface area (Å²) in [6.45, 7) is 0.377. The van der Waals surface area contributed by atoms with Crippen LogP contribution in [-0.2, 0) is 11.3 Å².